The van der Waals surface area contributed by atoms with Crippen molar-refractivity contribution in [1.29, 1.82) is 0 Å². The third kappa shape index (κ3) is 3.54. The fourth-order valence-corrected chi connectivity index (χ4v) is 5.65. The number of hydrogen-bond donors (Lipinski definition) is 0. The molecule has 2 aromatic heterocycles. The molecule has 2 aromatic rings. The highest BCUT2D eigenvalue weighted by atomic mass is 16.5. The largest absolute Gasteiger partial charge is 0.356 e. The average Bonchev–Trinajstić information content (AvgIpc) is 3.35. The highest BCUT2D eigenvalue weighted by Crippen LogP contribution is 2.56. The van der Waals surface area contributed by atoms with Crippen molar-refractivity contribution in [3.05, 3.63) is 29.5 Å². The van der Waals surface area contributed by atoms with Gasteiger partial charge in [-0.1, -0.05) is 31.8 Å². The van der Waals surface area contributed by atoms with Crippen LogP contribution in [-0.2, 0) is 4.79 Å². The lowest BCUT2D eigenvalue weighted by Gasteiger charge is -2.32. The normalized spacial score (nSPS) is 26.7. The molecule has 2 aliphatic carbocycles. The summed E-state index contributed by atoms with van der Waals surface area (Å²) >= 11 is 0. The van der Waals surface area contributed by atoms with Crippen molar-refractivity contribution in [3.63, 3.8) is 0 Å². The molecule has 1 amide bonds. The van der Waals surface area contributed by atoms with Crippen LogP contribution in [0.1, 0.15) is 81.4 Å². The quantitative estimate of drug-likeness (QED) is 0.733. The molecule has 0 bridgehead atoms. The first kappa shape index (κ1) is 19.7. The number of hydrogen-bond acceptors (Lipinski definition) is 5. The smallest absolute Gasteiger partial charge is 0.226 e. The standard InChI is InChI=1S/C24H32N4O2/c1-14(2)22-19(20-12-15(3)27-30-20)13-25-23(26-22)16-8-10-28(11-9-16)24(29)21-17-6-4-5-7-18(17)21/h12-14,16-18,21H,4-11H2,1-3H3. The Kier molecular flexibility index (Phi) is 5.11. The molecule has 2 saturated carbocycles. The van der Waals surface area contributed by atoms with Crippen LogP contribution in [0.5, 0.6) is 0 Å². The van der Waals surface area contributed by atoms with Crippen LogP contribution in [0.15, 0.2) is 16.8 Å². The minimum Gasteiger partial charge on any atom is -0.356 e. The van der Waals surface area contributed by atoms with Crippen LogP contribution in [0.3, 0.4) is 0 Å². The molecule has 0 spiro atoms. The summed E-state index contributed by atoms with van der Waals surface area (Å²) in [6.07, 6.45) is 8.95. The van der Waals surface area contributed by atoms with E-state index in [2.05, 4.69) is 23.9 Å². The number of likely N-dealkylation sites (tertiary alicyclic amines) is 1. The summed E-state index contributed by atoms with van der Waals surface area (Å²) < 4.78 is 5.46. The third-order valence-corrected chi connectivity index (χ3v) is 7.39. The van der Waals surface area contributed by atoms with Gasteiger partial charge in [0, 0.05) is 37.2 Å². The van der Waals surface area contributed by atoms with E-state index in [1.54, 1.807) is 0 Å². The fraction of sp³-hybridized carbons (Fsp3) is 0.667. The average molecular weight is 409 g/mol. The molecule has 0 aromatic carbocycles. The lowest BCUT2D eigenvalue weighted by Crippen LogP contribution is -2.39. The minimum atomic E-state index is 0.270. The van der Waals surface area contributed by atoms with E-state index >= 15 is 0 Å². The van der Waals surface area contributed by atoms with E-state index in [9.17, 15) is 4.79 Å². The molecule has 0 N–H and O–H groups in total. The van der Waals surface area contributed by atoms with Crippen LogP contribution >= 0.6 is 0 Å². The predicted molar refractivity (Wildman–Crippen MR) is 114 cm³/mol. The van der Waals surface area contributed by atoms with Crippen LogP contribution in [0.2, 0.25) is 0 Å². The van der Waals surface area contributed by atoms with E-state index in [0.29, 0.717) is 29.6 Å². The number of aryl methyl sites for hydroxylation is 1. The van der Waals surface area contributed by atoms with Gasteiger partial charge in [0.05, 0.1) is 17.0 Å². The molecule has 6 heteroatoms. The van der Waals surface area contributed by atoms with Gasteiger partial charge >= 0.3 is 0 Å². The van der Waals surface area contributed by atoms with E-state index in [1.165, 1.54) is 25.7 Å². The van der Waals surface area contributed by atoms with Gasteiger partial charge in [-0.3, -0.25) is 4.79 Å². The molecule has 2 unspecified atom stereocenters. The van der Waals surface area contributed by atoms with Crippen molar-refractivity contribution in [1.82, 2.24) is 20.0 Å². The second-order valence-electron chi connectivity index (χ2n) is 9.75. The third-order valence-electron chi connectivity index (χ3n) is 7.39. The molecular formula is C24H32N4O2. The summed E-state index contributed by atoms with van der Waals surface area (Å²) in [4.78, 5) is 24.8. The topological polar surface area (TPSA) is 72.1 Å². The zero-order valence-electron chi connectivity index (χ0n) is 18.3. The molecule has 1 aliphatic heterocycles. The molecule has 1 saturated heterocycles. The van der Waals surface area contributed by atoms with Gasteiger partial charge in [-0.2, -0.15) is 0 Å². The van der Waals surface area contributed by atoms with Crippen molar-refractivity contribution in [3.8, 4) is 11.3 Å². The van der Waals surface area contributed by atoms with Crippen LogP contribution < -0.4 is 0 Å². The van der Waals surface area contributed by atoms with Gasteiger partial charge in [0.1, 0.15) is 5.82 Å². The molecule has 6 nitrogen and oxygen atoms in total. The van der Waals surface area contributed by atoms with E-state index in [-0.39, 0.29) is 5.92 Å². The van der Waals surface area contributed by atoms with Crippen molar-refractivity contribution >= 4 is 5.91 Å². The van der Waals surface area contributed by atoms with Gasteiger partial charge in [0.25, 0.3) is 0 Å². The first-order chi connectivity index (χ1) is 14.5. The number of aromatic nitrogens is 3. The Bertz CT molecular complexity index is 917. The molecule has 5 rings (SSSR count). The second-order valence-corrected chi connectivity index (χ2v) is 9.75. The molecular weight excluding hydrogens is 376 g/mol. The fourth-order valence-electron chi connectivity index (χ4n) is 5.65. The number of carbonyl (C=O) groups is 1. The highest BCUT2D eigenvalue weighted by molar-refractivity contribution is 5.82. The van der Waals surface area contributed by atoms with Gasteiger partial charge in [-0.25, -0.2) is 9.97 Å². The summed E-state index contributed by atoms with van der Waals surface area (Å²) in [6, 6.07) is 1.93. The molecule has 2 atom stereocenters. The Balaban J connectivity index is 1.27. The predicted octanol–water partition coefficient (Wildman–Crippen LogP) is 4.71. The Labute approximate surface area is 178 Å². The number of carbonyl (C=O) groups excluding carboxylic acids is 1. The summed E-state index contributed by atoms with van der Waals surface area (Å²) in [5.41, 5.74) is 2.80. The number of amides is 1. The summed E-state index contributed by atoms with van der Waals surface area (Å²) in [7, 11) is 0. The second kappa shape index (κ2) is 7.78. The number of piperidine rings is 1. The first-order valence-electron chi connectivity index (χ1n) is 11.6. The first-order valence-corrected chi connectivity index (χ1v) is 11.6. The highest BCUT2D eigenvalue weighted by Gasteiger charge is 2.55. The molecule has 3 fully saturated rings. The van der Waals surface area contributed by atoms with Crippen molar-refractivity contribution in [2.45, 2.75) is 71.1 Å². The maximum absolute atomic E-state index is 13.0. The number of fused-ring (bicyclic) bond motifs is 1. The van der Waals surface area contributed by atoms with Crippen molar-refractivity contribution < 1.29 is 9.32 Å². The molecule has 160 valence electrons. The monoisotopic (exact) mass is 408 g/mol. The van der Waals surface area contributed by atoms with Crippen molar-refractivity contribution in [2.75, 3.05) is 13.1 Å². The van der Waals surface area contributed by atoms with E-state index in [4.69, 9.17) is 14.5 Å². The Morgan fingerprint density at radius 2 is 1.83 bits per heavy atom. The van der Waals surface area contributed by atoms with Gasteiger partial charge in [0.2, 0.25) is 5.91 Å². The summed E-state index contributed by atoms with van der Waals surface area (Å²) in [5, 5.41) is 4.01. The number of rotatable bonds is 4. The molecule has 3 heterocycles. The molecule has 3 aliphatic rings. The minimum absolute atomic E-state index is 0.270. The van der Waals surface area contributed by atoms with Crippen molar-refractivity contribution in [2.24, 2.45) is 17.8 Å². The maximum atomic E-state index is 13.0. The Morgan fingerprint density at radius 1 is 1.13 bits per heavy atom. The van der Waals surface area contributed by atoms with Crippen LogP contribution in [-0.4, -0.2) is 39.0 Å². The molecule has 0 radical (unpaired) electrons. The lowest BCUT2D eigenvalue weighted by molar-refractivity contribution is -0.134. The van der Waals surface area contributed by atoms with E-state index < -0.39 is 0 Å². The van der Waals surface area contributed by atoms with E-state index in [1.807, 2.05) is 19.2 Å². The SMILES string of the molecule is Cc1cc(-c2cnc(C3CCN(C(=O)C4C5CCCCC54)CC3)nc2C(C)C)on1. The Hall–Kier alpha value is -2.24. The van der Waals surface area contributed by atoms with E-state index in [0.717, 1.165) is 54.5 Å². The number of nitrogens with zero attached hydrogens (tertiary/aromatic N) is 4. The van der Waals surface area contributed by atoms with Crippen LogP contribution in [0.4, 0.5) is 0 Å². The Morgan fingerprint density at radius 3 is 2.43 bits per heavy atom. The van der Waals surface area contributed by atoms with Gasteiger partial charge in [-0.05, 0) is 50.4 Å². The molecule has 30 heavy (non-hydrogen) atoms. The van der Waals surface area contributed by atoms with Crippen LogP contribution in [0.25, 0.3) is 11.3 Å². The zero-order chi connectivity index (χ0) is 20.8. The van der Waals surface area contributed by atoms with Gasteiger partial charge < -0.3 is 9.42 Å². The van der Waals surface area contributed by atoms with Crippen LogP contribution in [0, 0.1) is 24.7 Å². The maximum Gasteiger partial charge on any atom is 0.226 e. The van der Waals surface area contributed by atoms with Gasteiger partial charge in [-0.15, -0.1) is 0 Å². The summed E-state index contributed by atoms with van der Waals surface area (Å²) in [5.74, 6) is 4.36. The zero-order valence-corrected chi connectivity index (χ0v) is 18.3. The van der Waals surface area contributed by atoms with Gasteiger partial charge in [0.15, 0.2) is 5.76 Å². The lowest BCUT2D eigenvalue weighted by atomic mass is 9.94. The summed E-state index contributed by atoms with van der Waals surface area (Å²) in [6.45, 7) is 7.89.